The minimum Gasteiger partial charge on any atom is -0.294 e. The minimum atomic E-state index is 0.667. The Hall–Kier alpha value is -7.89. The van der Waals surface area contributed by atoms with Crippen LogP contribution in [0.5, 0.6) is 0 Å². The predicted octanol–water partition coefficient (Wildman–Crippen LogP) is 13.3. The normalized spacial score (nSPS) is 11.8. The van der Waals surface area contributed by atoms with Crippen LogP contribution >= 0.6 is 0 Å². The zero-order valence-corrected chi connectivity index (χ0v) is 31.3. The molecule has 0 radical (unpaired) electrons. The van der Waals surface area contributed by atoms with E-state index in [9.17, 15) is 0 Å². The number of imidazole rings is 1. The fraction of sp³-hybridized carbons (Fsp3) is 0. The molecule has 0 aliphatic carbocycles. The summed E-state index contributed by atoms with van der Waals surface area (Å²) in [5.74, 6) is 1.47. The van der Waals surface area contributed by atoms with Gasteiger partial charge >= 0.3 is 0 Å². The topological polar surface area (TPSA) is 48.0 Å². The van der Waals surface area contributed by atoms with Crippen molar-refractivity contribution in [2.24, 2.45) is 0 Å². The summed E-state index contributed by atoms with van der Waals surface area (Å²) in [4.78, 5) is 15.8. The lowest BCUT2D eigenvalue weighted by Crippen LogP contribution is -2.03. The second kappa shape index (κ2) is 12.8. The van der Waals surface area contributed by atoms with Gasteiger partial charge in [-0.2, -0.15) is 0 Å². The molecule has 0 saturated carbocycles. The van der Waals surface area contributed by atoms with E-state index in [4.69, 9.17) is 15.0 Å². The number of rotatable bonds is 5. The van der Waals surface area contributed by atoms with Crippen LogP contribution in [0.2, 0.25) is 0 Å². The Morgan fingerprint density at radius 2 is 0.845 bits per heavy atom. The lowest BCUT2D eigenvalue weighted by molar-refractivity contribution is 1.05. The van der Waals surface area contributed by atoms with Crippen LogP contribution in [0, 0.1) is 0 Å². The highest BCUT2D eigenvalue weighted by Crippen LogP contribution is 2.40. The first-order valence-electron chi connectivity index (χ1n) is 19.6. The highest BCUT2D eigenvalue weighted by atomic mass is 15.1. The first-order chi connectivity index (χ1) is 28.7. The van der Waals surface area contributed by atoms with Crippen molar-refractivity contribution in [3.8, 4) is 50.7 Å². The van der Waals surface area contributed by atoms with E-state index in [0.29, 0.717) is 5.82 Å². The number of nitrogens with zero attached hydrogens (tertiary/aromatic N) is 5. The summed E-state index contributed by atoms with van der Waals surface area (Å²) in [6, 6.07) is 70.8. The SMILES string of the molecule is c1ccc(-c2ccc(-c3cc(-n4c5ccccc5c5cc6c7ccccc7c7nc8ccccc8n7c6cc54)nc(-c4ccc(-c5ccccc5)cc4)n3)cc2)cc1. The van der Waals surface area contributed by atoms with Crippen molar-refractivity contribution in [3.63, 3.8) is 0 Å². The maximum absolute atomic E-state index is 5.40. The van der Waals surface area contributed by atoms with E-state index in [-0.39, 0.29) is 0 Å². The van der Waals surface area contributed by atoms with E-state index in [2.05, 4.69) is 197 Å². The summed E-state index contributed by atoms with van der Waals surface area (Å²) in [6.07, 6.45) is 0. The van der Waals surface area contributed by atoms with Crippen LogP contribution in [0.1, 0.15) is 0 Å². The van der Waals surface area contributed by atoms with Gasteiger partial charge in [-0.05, 0) is 58.0 Å². The molecule has 0 N–H and O–H groups in total. The molecule has 4 heterocycles. The Labute approximate surface area is 333 Å². The maximum atomic E-state index is 5.40. The van der Waals surface area contributed by atoms with Gasteiger partial charge in [0.1, 0.15) is 11.5 Å². The monoisotopic (exact) mass is 739 g/mol. The van der Waals surface area contributed by atoms with E-state index >= 15 is 0 Å². The van der Waals surface area contributed by atoms with Gasteiger partial charge in [-0.25, -0.2) is 15.0 Å². The Morgan fingerprint density at radius 3 is 1.55 bits per heavy atom. The molecule has 5 heteroatoms. The Kier molecular flexibility index (Phi) is 7.16. The highest BCUT2D eigenvalue weighted by molar-refractivity contribution is 6.20. The van der Waals surface area contributed by atoms with E-state index in [1.165, 1.54) is 27.3 Å². The third-order valence-electron chi connectivity index (χ3n) is 11.5. The smallest absolute Gasteiger partial charge is 0.162 e. The highest BCUT2D eigenvalue weighted by Gasteiger charge is 2.20. The van der Waals surface area contributed by atoms with Gasteiger partial charge < -0.3 is 0 Å². The fourth-order valence-corrected chi connectivity index (χ4v) is 8.75. The van der Waals surface area contributed by atoms with Crippen LogP contribution in [-0.4, -0.2) is 23.9 Å². The number of para-hydroxylation sites is 3. The standard InChI is InChI=1S/C53H33N5/c1-3-13-34(14-4-1)36-23-27-38(28-24-36)46-32-51(56-52(54-46)39-29-25-37(26-30-39)35-15-5-2-6-16-35)57-47-21-11-9-18-41(47)44-31-43-40-17-7-8-19-42(40)53-55-45-20-10-12-22-48(45)58(53)50(43)33-49(44)57/h1-33H. The Balaban J connectivity index is 1.13. The molecule has 4 aromatic heterocycles. The Bertz CT molecular complexity index is 3430. The zero-order valence-electron chi connectivity index (χ0n) is 31.3. The van der Waals surface area contributed by atoms with Crippen molar-refractivity contribution >= 4 is 60.2 Å². The molecule has 0 spiro atoms. The number of benzene rings is 8. The maximum Gasteiger partial charge on any atom is 0.162 e. The quantitative estimate of drug-likeness (QED) is 0.165. The Morgan fingerprint density at radius 1 is 0.310 bits per heavy atom. The molecule has 8 aromatic carbocycles. The predicted molar refractivity (Wildman–Crippen MR) is 239 cm³/mol. The van der Waals surface area contributed by atoms with Crippen LogP contribution in [0.4, 0.5) is 0 Å². The summed E-state index contributed by atoms with van der Waals surface area (Å²) in [5, 5.41) is 5.83. The average Bonchev–Trinajstić information content (AvgIpc) is 3.85. The van der Waals surface area contributed by atoms with Crippen LogP contribution in [0.3, 0.4) is 0 Å². The largest absolute Gasteiger partial charge is 0.294 e. The summed E-state index contributed by atoms with van der Waals surface area (Å²) in [6.45, 7) is 0. The zero-order chi connectivity index (χ0) is 38.2. The first kappa shape index (κ1) is 32.4. The number of pyridine rings is 1. The van der Waals surface area contributed by atoms with E-state index in [0.717, 1.165) is 77.8 Å². The molecule has 0 unspecified atom stereocenters. The van der Waals surface area contributed by atoms with Crippen LogP contribution < -0.4 is 0 Å². The van der Waals surface area contributed by atoms with Crippen molar-refractivity contribution < 1.29 is 0 Å². The van der Waals surface area contributed by atoms with Crippen LogP contribution in [-0.2, 0) is 0 Å². The second-order valence-electron chi connectivity index (χ2n) is 14.9. The van der Waals surface area contributed by atoms with Gasteiger partial charge in [0, 0.05) is 38.7 Å². The van der Waals surface area contributed by atoms with Gasteiger partial charge in [-0.1, -0.05) is 164 Å². The summed E-state index contributed by atoms with van der Waals surface area (Å²) in [7, 11) is 0. The molecule has 0 aliphatic rings. The molecule has 0 saturated heterocycles. The van der Waals surface area contributed by atoms with Gasteiger partial charge in [0.05, 0.1) is 33.3 Å². The average molecular weight is 740 g/mol. The van der Waals surface area contributed by atoms with Crippen molar-refractivity contribution in [2.45, 2.75) is 0 Å². The van der Waals surface area contributed by atoms with Gasteiger partial charge in [-0.3, -0.25) is 8.97 Å². The summed E-state index contributed by atoms with van der Waals surface area (Å²) >= 11 is 0. The van der Waals surface area contributed by atoms with Crippen molar-refractivity contribution in [2.75, 3.05) is 0 Å². The first-order valence-corrected chi connectivity index (χ1v) is 19.6. The molecule has 0 fully saturated rings. The number of fused-ring (bicyclic) bond motifs is 11. The molecule has 0 aliphatic heterocycles. The molecule has 58 heavy (non-hydrogen) atoms. The molecule has 270 valence electrons. The van der Waals surface area contributed by atoms with E-state index in [1.54, 1.807) is 0 Å². The van der Waals surface area contributed by atoms with Gasteiger partial charge in [0.15, 0.2) is 5.82 Å². The van der Waals surface area contributed by atoms with E-state index < -0.39 is 0 Å². The molecule has 0 amide bonds. The van der Waals surface area contributed by atoms with Crippen LogP contribution in [0.15, 0.2) is 200 Å². The molecule has 12 rings (SSSR count). The molecular formula is C53H33N5. The molecular weight excluding hydrogens is 707 g/mol. The number of hydrogen-bond acceptors (Lipinski definition) is 3. The molecule has 0 bridgehead atoms. The number of hydrogen-bond donors (Lipinski definition) is 0. The minimum absolute atomic E-state index is 0.667. The summed E-state index contributed by atoms with van der Waals surface area (Å²) in [5.41, 5.74) is 13.8. The molecule has 5 nitrogen and oxygen atoms in total. The second-order valence-corrected chi connectivity index (χ2v) is 14.9. The van der Waals surface area contributed by atoms with Gasteiger partial charge in [0.25, 0.3) is 0 Å². The third-order valence-corrected chi connectivity index (χ3v) is 11.5. The van der Waals surface area contributed by atoms with Crippen molar-refractivity contribution in [1.82, 2.24) is 23.9 Å². The number of aromatic nitrogens is 5. The van der Waals surface area contributed by atoms with Crippen LogP contribution in [0.25, 0.3) is 111 Å². The molecule has 0 atom stereocenters. The van der Waals surface area contributed by atoms with Crippen molar-refractivity contribution in [1.29, 1.82) is 0 Å². The van der Waals surface area contributed by atoms with E-state index in [1.807, 2.05) is 12.1 Å². The fourth-order valence-electron chi connectivity index (χ4n) is 8.75. The van der Waals surface area contributed by atoms with Gasteiger partial charge in [-0.15, -0.1) is 0 Å². The third kappa shape index (κ3) is 5.07. The van der Waals surface area contributed by atoms with Crippen molar-refractivity contribution in [3.05, 3.63) is 200 Å². The summed E-state index contributed by atoms with van der Waals surface area (Å²) < 4.78 is 4.64. The van der Waals surface area contributed by atoms with Gasteiger partial charge in [0.2, 0.25) is 0 Å². The molecule has 12 aromatic rings. The lowest BCUT2D eigenvalue weighted by Gasteiger charge is -2.14. The lowest BCUT2D eigenvalue weighted by atomic mass is 10.0.